The summed E-state index contributed by atoms with van der Waals surface area (Å²) < 4.78 is 10.8. The van der Waals surface area contributed by atoms with Gasteiger partial charge < -0.3 is 14.8 Å². The third-order valence-electron chi connectivity index (χ3n) is 2.92. The Hall–Kier alpha value is -2.93. The molecular formula is C16H13N3O3S. The molecule has 0 radical (unpaired) electrons. The van der Waals surface area contributed by atoms with Crippen LogP contribution in [0, 0.1) is 0 Å². The van der Waals surface area contributed by atoms with E-state index in [1.54, 1.807) is 36.2 Å². The highest BCUT2D eigenvalue weighted by atomic mass is 32.1. The van der Waals surface area contributed by atoms with Gasteiger partial charge in [0.05, 0.1) is 24.5 Å². The maximum absolute atomic E-state index is 11.9. The molecule has 0 atom stereocenters. The van der Waals surface area contributed by atoms with Crippen LogP contribution in [-0.2, 0) is 0 Å². The maximum Gasteiger partial charge on any atom is 0.275 e. The molecule has 1 amide bonds. The number of nitrogens with zero attached hydrogens (tertiary/aromatic N) is 2. The highest BCUT2D eigenvalue weighted by molar-refractivity contribution is 7.07. The second-order valence-electron chi connectivity index (χ2n) is 4.49. The summed E-state index contributed by atoms with van der Waals surface area (Å²) >= 11 is 1.37. The number of methoxy groups -OCH3 is 1. The molecule has 1 aromatic carbocycles. The van der Waals surface area contributed by atoms with Gasteiger partial charge in [0.2, 0.25) is 5.88 Å². The molecule has 0 saturated heterocycles. The van der Waals surface area contributed by atoms with Crippen molar-refractivity contribution in [3.05, 3.63) is 59.2 Å². The van der Waals surface area contributed by atoms with Gasteiger partial charge in [-0.25, -0.2) is 9.97 Å². The molecular weight excluding hydrogens is 314 g/mol. The SMILES string of the molecule is COc1cccc(Oc2ccc(NC(=O)c3cscn3)cn2)c1. The van der Waals surface area contributed by atoms with E-state index in [0.29, 0.717) is 28.8 Å². The lowest BCUT2D eigenvalue weighted by Gasteiger charge is -2.07. The Morgan fingerprint density at radius 3 is 2.74 bits per heavy atom. The topological polar surface area (TPSA) is 73.3 Å². The first-order valence-corrected chi connectivity index (χ1v) is 7.66. The quantitative estimate of drug-likeness (QED) is 0.775. The molecule has 0 unspecified atom stereocenters. The lowest BCUT2D eigenvalue weighted by Crippen LogP contribution is -2.12. The average Bonchev–Trinajstić information content (AvgIpc) is 3.11. The second-order valence-corrected chi connectivity index (χ2v) is 5.21. The van der Waals surface area contributed by atoms with Gasteiger partial charge in [-0.3, -0.25) is 4.79 Å². The lowest BCUT2D eigenvalue weighted by atomic mass is 10.3. The standard InChI is InChI=1S/C16H13N3O3S/c1-21-12-3-2-4-13(7-12)22-15-6-5-11(8-17-15)19-16(20)14-9-23-10-18-14/h2-10H,1H3,(H,19,20). The number of thiazole rings is 1. The van der Waals surface area contributed by atoms with E-state index in [4.69, 9.17) is 9.47 Å². The van der Waals surface area contributed by atoms with Crippen molar-refractivity contribution >= 4 is 22.9 Å². The van der Waals surface area contributed by atoms with Crippen LogP contribution in [0.15, 0.2) is 53.5 Å². The monoisotopic (exact) mass is 327 g/mol. The van der Waals surface area contributed by atoms with Crippen LogP contribution in [0.2, 0.25) is 0 Å². The number of amides is 1. The fourth-order valence-corrected chi connectivity index (χ4v) is 2.35. The minimum Gasteiger partial charge on any atom is -0.497 e. The van der Waals surface area contributed by atoms with E-state index in [2.05, 4.69) is 15.3 Å². The summed E-state index contributed by atoms with van der Waals surface area (Å²) in [5.41, 5.74) is 2.56. The molecule has 7 heteroatoms. The largest absolute Gasteiger partial charge is 0.497 e. The highest BCUT2D eigenvalue weighted by Crippen LogP contribution is 2.24. The molecule has 23 heavy (non-hydrogen) atoms. The number of carbonyl (C=O) groups excluding carboxylic acids is 1. The van der Waals surface area contributed by atoms with Gasteiger partial charge in [0.25, 0.3) is 5.91 Å². The fourth-order valence-electron chi connectivity index (χ4n) is 1.82. The van der Waals surface area contributed by atoms with Crippen molar-refractivity contribution in [2.75, 3.05) is 12.4 Å². The van der Waals surface area contributed by atoms with E-state index >= 15 is 0 Å². The molecule has 2 aromatic heterocycles. The maximum atomic E-state index is 11.9. The summed E-state index contributed by atoms with van der Waals surface area (Å²) in [6.45, 7) is 0. The average molecular weight is 327 g/mol. The zero-order chi connectivity index (χ0) is 16.1. The Morgan fingerprint density at radius 2 is 2.04 bits per heavy atom. The van der Waals surface area contributed by atoms with E-state index < -0.39 is 0 Å². The minimum absolute atomic E-state index is 0.269. The van der Waals surface area contributed by atoms with Crippen molar-refractivity contribution in [1.82, 2.24) is 9.97 Å². The summed E-state index contributed by atoms with van der Waals surface area (Å²) in [6, 6.07) is 10.6. The molecule has 0 aliphatic heterocycles. The van der Waals surface area contributed by atoms with E-state index in [1.165, 1.54) is 17.5 Å². The number of nitrogens with one attached hydrogen (secondary N) is 1. The number of hydrogen-bond acceptors (Lipinski definition) is 6. The lowest BCUT2D eigenvalue weighted by molar-refractivity contribution is 0.102. The first kappa shape index (κ1) is 15.0. The Balaban J connectivity index is 1.66. The van der Waals surface area contributed by atoms with Gasteiger partial charge in [-0.2, -0.15) is 0 Å². The van der Waals surface area contributed by atoms with Gasteiger partial charge in [-0.15, -0.1) is 11.3 Å². The number of pyridine rings is 1. The molecule has 0 aliphatic carbocycles. The summed E-state index contributed by atoms with van der Waals surface area (Å²) in [4.78, 5) is 20.0. The molecule has 2 heterocycles. The number of benzene rings is 1. The van der Waals surface area contributed by atoms with Crippen LogP contribution in [0.3, 0.4) is 0 Å². The summed E-state index contributed by atoms with van der Waals surface area (Å²) in [6.07, 6.45) is 1.53. The smallest absolute Gasteiger partial charge is 0.275 e. The molecule has 0 fully saturated rings. The Kier molecular flexibility index (Phi) is 4.49. The number of rotatable bonds is 5. The Morgan fingerprint density at radius 1 is 1.17 bits per heavy atom. The minimum atomic E-state index is -0.269. The first-order valence-electron chi connectivity index (χ1n) is 6.72. The third kappa shape index (κ3) is 3.83. The number of ether oxygens (including phenoxy) is 2. The van der Waals surface area contributed by atoms with Crippen LogP contribution >= 0.6 is 11.3 Å². The number of aromatic nitrogens is 2. The van der Waals surface area contributed by atoms with Crippen molar-refractivity contribution in [2.24, 2.45) is 0 Å². The van der Waals surface area contributed by atoms with Gasteiger partial charge in [0.15, 0.2) is 0 Å². The van der Waals surface area contributed by atoms with Crippen LogP contribution < -0.4 is 14.8 Å². The summed E-state index contributed by atoms with van der Waals surface area (Å²) in [7, 11) is 1.59. The Bertz CT molecular complexity index is 789. The molecule has 116 valence electrons. The zero-order valence-electron chi connectivity index (χ0n) is 12.2. The summed E-state index contributed by atoms with van der Waals surface area (Å²) in [5.74, 6) is 1.48. The van der Waals surface area contributed by atoms with E-state index in [1.807, 2.05) is 18.2 Å². The van der Waals surface area contributed by atoms with Crippen LogP contribution in [0.4, 0.5) is 5.69 Å². The van der Waals surface area contributed by atoms with Crippen molar-refractivity contribution in [2.45, 2.75) is 0 Å². The number of carbonyl (C=O) groups is 1. The van der Waals surface area contributed by atoms with Gasteiger partial charge in [-0.1, -0.05) is 6.07 Å². The molecule has 0 saturated carbocycles. The molecule has 6 nitrogen and oxygen atoms in total. The van der Waals surface area contributed by atoms with Crippen molar-refractivity contribution in [3.8, 4) is 17.4 Å². The molecule has 0 aliphatic rings. The third-order valence-corrected chi connectivity index (χ3v) is 3.51. The molecule has 0 bridgehead atoms. The highest BCUT2D eigenvalue weighted by Gasteiger charge is 2.08. The summed E-state index contributed by atoms with van der Waals surface area (Å²) in [5, 5.41) is 4.40. The molecule has 0 spiro atoms. The second kappa shape index (κ2) is 6.89. The van der Waals surface area contributed by atoms with E-state index in [9.17, 15) is 4.79 Å². The predicted molar refractivity (Wildman–Crippen MR) is 87.4 cm³/mol. The van der Waals surface area contributed by atoms with Crippen LogP contribution in [0.25, 0.3) is 0 Å². The van der Waals surface area contributed by atoms with Crippen LogP contribution in [-0.4, -0.2) is 23.0 Å². The van der Waals surface area contributed by atoms with Crippen molar-refractivity contribution in [3.63, 3.8) is 0 Å². The molecule has 3 rings (SSSR count). The Labute approximate surface area is 136 Å². The number of hydrogen-bond donors (Lipinski definition) is 1. The van der Waals surface area contributed by atoms with Gasteiger partial charge in [0, 0.05) is 17.5 Å². The molecule has 1 N–H and O–H groups in total. The normalized spacial score (nSPS) is 10.1. The first-order chi connectivity index (χ1) is 11.2. The van der Waals surface area contributed by atoms with Gasteiger partial charge in [-0.05, 0) is 18.2 Å². The van der Waals surface area contributed by atoms with Gasteiger partial charge >= 0.3 is 0 Å². The predicted octanol–water partition coefficient (Wildman–Crippen LogP) is 3.59. The number of anilines is 1. The zero-order valence-corrected chi connectivity index (χ0v) is 13.0. The van der Waals surface area contributed by atoms with Crippen molar-refractivity contribution in [1.29, 1.82) is 0 Å². The van der Waals surface area contributed by atoms with Crippen LogP contribution in [0.5, 0.6) is 17.4 Å². The fraction of sp³-hybridized carbons (Fsp3) is 0.0625. The van der Waals surface area contributed by atoms with Crippen molar-refractivity contribution < 1.29 is 14.3 Å². The van der Waals surface area contributed by atoms with E-state index in [0.717, 1.165) is 0 Å². The molecule has 3 aromatic rings. The van der Waals surface area contributed by atoms with Gasteiger partial charge in [0.1, 0.15) is 17.2 Å². The van der Waals surface area contributed by atoms with E-state index in [-0.39, 0.29) is 5.91 Å². The van der Waals surface area contributed by atoms with Crippen LogP contribution in [0.1, 0.15) is 10.5 Å².